The highest BCUT2D eigenvalue weighted by molar-refractivity contribution is 5.87. The van der Waals surface area contributed by atoms with Crippen molar-refractivity contribution in [3.05, 3.63) is 70.5 Å². The van der Waals surface area contributed by atoms with E-state index in [4.69, 9.17) is 4.74 Å². The summed E-state index contributed by atoms with van der Waals surface area (Å²) in [5, 5.41) is 0.495. The molecule has 1 N–H and O–H groups in total. The van der Waals surface area contributed by atoms with Crippen molar-refractivity contribution < 1.29 is 9.53 Å². The van der Waals surface area contributed by atoms with Crippen LogP contribution in [0.3, 0.4) is 0 Å². The number of carbonyl (C=O) groups is 1. The van der Waals surface area contributed by atoms with Crippen molar-refractivity contribution in [2.75, 3.05) is 0 Å². The van der Waals surface area contributed by atoms with E-state index in [0.717, 1.165) is 0 Å². The highest BCUT2D eigenvalue weighted by Gasteiger charge is 2.17. The van der Waals surface area contributed by atoms with Crippen molar-refractivity contribution in [1.82, 2.24) is 15.0 Å². The Kier molecular flexibility index (Phi) is 3.65. The largest absolute Gasteiger partial charge is 0.450 e. The molecule has 2 heterocycles. The lowest BCUT2D eigenvalue weighted by molar-refractivity contribution is 0.0313. The topological polar surface area (TPSA) is 84.9 Å². The second-order valence-electron chi connectivity index (χ2n) is 4.73. The van der Waals surface area contributed by atoms with E-state index < -0.39 is 12.1 Å². The second-order valence-corrected chi connectivity index (χ2v) is 4.73. The van der Waals surface area contributed by atoms with E-state index in [-0.39, 0.29) is 11.3 Å². The van der Waals surface area contributed by atoms with Gasteiger partial charge in [-0.15, -0.1) is 0 Å². The third kappa shape index (κ3) is 2.71. The van der Waals surface area contributed by atoms with Gasteiger partial charge in [-0.1, -0.05) is 18.2 Å². The summed E-state index contributed by atoms with van der Waals surface area (Å²) in [5.41, 5.74) is 0.501. The Bertz CT molecular complexity index is 874. The summed E-state index contributed by atoms with van der Waals surface area (Å²) in [4.78, 5) is 34.9. The minimum absolute atomic E-state index is 0.206. The molecule has 0 spiro atoms. The van der Waals surface area contributed by atoms with Crippen molar-refractivity contribution >= 4 is 16.9 Å². The molecule has 1 atom stereocenters. The van der Waals surface area contributed by atoms with Gasteiger partial charge in [-0.3, -0.25) is 4.79 Å². The van der Waals surface area contributed by atoms with Crippen molar-refractivity contribution in [3.8, 4) is 0 Å². The number of benzene rings is 1. The van der Waals surface area contributed by atoms with Crippen LogP contribution in [0.15, 0.2) is 53.5 Å². The Hall–Kier alpha value is -3.02. The predicted octanol–water partition coefficient (Wildman–Crippen LogP) is 2.24. The fourth-order valence-corrected chi connectivity index (χ4v) is 2.06. The van der Waals surface area contributed by atoms with Gasteiger partial charge in [0, 0.05) is 6.20 Å². The van der Waals surface area contributed by atoms with Gasteiger partial charge < -0.3 is 9.72 Å². The summed E-state index contributed by atoms with van der Waals surface area (Å²) < 4.78 is 5.29. The molecule has 0 fully saturated rings. The van der Waals surface area contributed by atoms with Gasteiger partial charge in [-0.2, -0.15) is 0 Å². The zero-order chi connectivity index (χ0) is 15.5. The van der Waals surface area contributed by atoms with Crippen LogP contribution < -0.4 is 5.56 Å². The number of pyridine rings is 1. The fourth-order valence-electron chi connectivity index (χ4n) is 2.06. The number of ether oxygens (including phenoxy) is 1. The van der Waals surface area contributed by atoms with Crippen molar-refractivity contribution in [1.29, 1.82) is 0 Å². The molecular formula is C16H13N3O3. The molecule has 0 saturated heterocycles. The van der Waals surface area contributed by atoms with Crippen LogP contribution in [0, 0.1) is 0 Å². The Morgan fingerprint density at radius 2 is 1.95 bits per heavy atom. The maximum Gasteiger partial charge on any atom is 0.357 e. The van der Waals surface area contributed by atoms with Gasteiger partial charge in [0.15, 0.2) is 11.9 Å². The molecule has 0 bridgehead atoms. The zero-order valence-corrected chi connectivity index (χ0v) is 11.8. The Morgan fingerprint density at radius 3 is 2.73 bits per heavy atom. The summed E-state index contributed by atoms with van der Waals surface area (Å²) in [5.74, 6) is -0.267. The van der Waals surface area contributed by atoms with E-state index in [1.54, 1.807) is 49.4 Å². The van der Waals surface area contributed by atoms with Crippen LogP contribution in [0.2, 0.25) is 0 Å². The molecule has 0 amide bonds. The van der Waals surface area contributed by atoms with Crippen LogP contribution in [-0.2, 0) is 4.74 Å². The van der Waals surface area contributed by atoms with Gasteiger partial charge >= 0.3 is 5.97 Å². The summed E-state index contributed by atoms with van der Waals surface area (Å²) in [6.07, 6.45) is 0.823. The number of fused-ring (bicyclic) bond motifs is 1. The average Bonchev–Trinajstić information content (AvgIpc) is 2.55. The summed E-state index contributed by atoms with van der Waals surface area (Å²) in [6.45, 7) is 1.65. The lowest BCUT2D eigenvalue weighted by Gasteiger charge is -2.12. The molecule has 110 valence electrons. The van der Waals surface area contributed by atoms with Crippen molar-refractivity contribution in [2.24, 2.45) is 0 Å². The number of aromatic nitrogens is 3. The molecule has 1 unspecified atom stereocenters. The van der Waals surface area contributed by atoms with E-state index in [0.29, 0.717) is 16.7 Å². The third-order valence-electron chi connectivity index (χ3n) is 3.17. The summed E-state index contributed by atoms with van der Waals surface area (Å²) in [6, 6.07) is 12.0. The van der Waals surface area contributed by atoms with Crippen molar-refractivity contribution in [3.63, 3.8) is 0 Å². The minimum Gasteiger partial charge on any atom is -0.450 e. The Morgan fingerprint density at radius 1 is 1.18 bits per heavy atom. The zero-order valence-electron chi connectivity index (χ0n) is 11.8. The number of para-hydroxylation sites is 1. The number of rotatable bonds is 3. The van der Waals surface area contributed by atoms with E-state index in [9.17, 15) is 9.59 Å². The van der Waals surface area contributed by atoms with Crippen LogP contribution in [0.4, 0.5) is 0 Å². The molecule has 1 aromatic carbocycles. The number of aromatic amines is 1. The minimum atomic E-state index is -0.688. The van der Waals surface area contributed by atoms with Crippen LogP contribution in [0.25, 0.3) is 10.9 Å². The van der Waals surface area contributed by atoms with Gasteiger partial charge in [0.05, 0.1) is 10.9 Å². The first kappa shape index (κ1) is 13.9. The summed E-state index contributed by atoms with van der Waals surface area (Å²) >= 11 is 0. The van der Waals surface area contributed by atoms with E-state index in [1.807, 2.05) is 0 Å². The second kappa shape index (κ2) is 5.77. The monoisotopic (exact) mass is 295 g/mol. The molecule has 6 heteroatoms. The van der Waals surface area contributed by atoms with E-state index in [2.05, 4.69) is 15.0 Å². The first-order valence-corrected chi connectivity index (χ1v) is 6.76. The number of hydrogen-bond acceptors (Lipinski definition) is 5. The molecule has 0 aliphatic heterocycles. The van der Waals surface area contributed by atoms with Gasteiger partial charge in [0.25, 0.3) is 5.56 Å². The fraction of sp³-hybridized carbons (Fsp3) is 0.125. The number of esters is 1. The van der Waals surface area contributed by atoms with Crippen LogP contribution in [0.5, 0.6) is 0 Å². The number of carbonyl (C=O) groups excluding carboxylic acids is 1. The first-order chi connectivity index (χ1) is 10.6. The predicted molar refractivity (Wildman–Crippen MR) is 80.4 cm³/mol. The number of nitrogens with one attached hydrogen (secondary N) is 1. The van der Waals surface area contributed by atoms with Gasteiger partial charge in [0.1, 0.15) is 5.69 Å². The first-order valence-electron chi connectivity index (χ1n) is 6.76. The third-order valence-corrected chi connectivity index (χ3v) is 3.17. The van der Waals surface area contributed by atoms with Crippen LogP contribution in [0.1, 0.15) is 29.3 Å². The lowest BCUT2D eigenvalue weighted by Crippen LogP contribution is -2.17. The highest BCUT2D eigenvalue weighted by Crippen LogP contribution is 2.15. The average molecular weight is 295 g/mol. The van der Waals surface area contributed by atoms with Gasteiger partial charge in [-0.25, -0.2) is 14.8 Å². The smallest absolute Gasteiger partial charge is 0.357 e. The molecule has 0 aliphatic carbocycles. The Balaban J connectivity index is 1.88. The molecule has 0 saturated carbocycles. The number of nitrogens with zero attached hydrogens (tertiary/aromatic N) is 2. The highest BCUT2D eigenvalue weighted by atomic mass is 16.5. The summed E-state index contributed by atoms with van der Waals surface area (Å²) in [7, 11) is 0. The number of H-pyrrole nitrogens is 1. The van der Waals surface area contributed by atoms with Crippen molar-refractivity contribution in [2.45, 2.75) is 13.0 Å². The maximum atomic E-state index is 12.0. The van der Waals surface area contributed by atoms with Crippen LogP contribution in [-0.4, -0.2) is 20.9 Å². The van der Waals surface area contributed by atoms with Gasteiger partial charge in [-0.05, 0) is 31.2 Å². The molecule has 3 rings (SSSR count). The molecule has 2 aromatic heterocycles. The molecule has 3 aromatic rings. The maximum absolute atomic E-state index is 12.0. The number of hydrogen-bond donors (Lipinski definition) is 1. The van der Waals surface area contributed by atoms with E-state index >= 15 is 0 Å². The quantitative estimate of drug-likeness (QED) is 0.749. The molecule has 0 aliphatic rings. The molecule has 22 heavy (non-hydrogen) atoms. The van der Waals surface area contributed by atoms with Gasteiger partial charge in [0.2, 0.25) is 0 Å². The SMILES string of the molecule is CC(OC(=O)c1ccccn1)c1nc2ccccc2c(=O)[nH]1. The standard InChI is InChI=1S/C16H13N3O3/c1-10(22-16(21)13-8-4-5-9-17-13)14-18-12-7-3-2-6-11(12)15(20)19-14/h2-10H,1H3,(H,18,19,20). The molecular weight excluding hydrogens is 282 g/mol. The normalized spacial score (nSPS) is 12.0. The van der Waals surface area contributed by atoms with Crippen LogP contribution >= 0.6 is 0 Å². The molecule has 0 radical (unpaired) electrons. The van der Waals surface area contributed by atoms with E-state index in [1.165, 1.54) is 6.20 Å². The molecule has 6 nitrogen and oxygen atoms in total. The Labute approximate surface area is 125 Å². The lowest BCUT2D eigenvalue weighted by atomic mass is 10.2.